The molecule has 0 aromatic heterocycles. The summed E-state index contributed by atoms with van der Waals surface area (Å²) in [6, 6.07) is 0. The molecule has 0 aliphatic carbocycles. The molecule has 5 heteroatoms. The van der Waals surface area contributed by atoms with Gasteiger partial charge in [0.2, 0.25) is 0 Å². The van der Waals surface area contributed by atoms with Crippen LogP contribution < -0.4 is 0 Å². The quantitative estimate of drug-likeness (QED) is 0.759. The van der Waals surface area contributed by atoms with Crippen molar-refractivity contribution in [2.75, 3.05) is 5.75 Å². The van der Waals surface area contributed by atoms with Crippen molar-refractivity contribution < 1.29 is 18.3 Å². The third-order valence-corrected chi connectivity index (χ3v) is 5.00. The van der Waals surface area contributed by atoms with Gasteiger partial charge in [0.15, 0.2) is 15.1 Å². The van der Waals surface area contributed by atoms with Crippen molar-refractivity contribution in [1.82, 2.24) is 0 Å². The molecule has 0 aromatic carbocycles. The second kappa shape index (κ2) is 5.49. The molecule has 0 aromatic rings. The standard InChI is InChI=1S/C10H20O4S/c1-5-8(4)6-15(13,14)9(7(2)3)10(11)12/h7-9H,5-6H2,1-4H3,(H,11,12). The van der Waals surface area contributed by atoms with Crippen LogP contribution in [0.5, 0.6) is 0 Å². The summed E-state index contributed by atoms with van der Waals surface area (Å²) >= 11 is 0. The smallest absolute Gasteiger partial charge is 0.322 e. The summed E-state index contributed by atoms with van der Waals surface area (Å²) in [5.74, 6) is -1.67. The first-order valence-electron chi connectivity index (χ1n) is 5.16. The zero-order chi connectivity index (χ0) is 12.2. The normalized spacial score (nSPS) is 16.3. The molecule has 0 aliphatic heterocycles. The van der Waals surface area contributed by atoms with Crippen molar-refractivity contribution in [2.24, 2.45) is 11.8 Å². The minimum Gasteiger partial charge on any atom is -0.480 e. The van der Waals surface area contributed by atoms with E-state index in [0.717, 1.165) is 6.42 Å². The molecule has 0 aliphatic rings. The monoisotopic (exact) mass is 236 g/mol. The molecule has 0 saturated carbocycles. The van der Waals surface area contributed by atoms with Gasteiger partial charge in [0, 0.05) is 0 Å². The fourth-order valence-electron chi connectivity index (χ4n) is 1.47. The molecule has 0 spiro atoms. The highest BCUT2D eigenvalue weighted by molar-refractivity contribution is 7.92. The molecule has 0 amide bonds. The fourth-order valence-corrected chi connectivity index (χ4v) is 3.84. The third kappa shape index (κ3) is 4.20. The molecule has 0 bridgehead atoms. The van der Waals surface area contributed by atoms with Gasteiger partial charge in [-0.1, -0.05) is 34.1 Å². The summed E-state index contributed by atoms with van der Waals surface area (Å²) in [6.45, 7) is 6.95. The molecular weight excluding hydrogens is 216 g/mol. The van der Waals surface area contributed by atoms with Crippen molar-refractivity contribution in [1.29, 1.82) is 0 Å². The van der Waals surface area contributed by atoms with Gasteiger partial charge in [-0.05, 0) is 11.8 Å². The van der Waals surface area contributed by atoms with Crippen molar-refractivity contribution in [3.8, 4) is 0 Å². The average Bonchev–Trinajstić information content (AvgIpc) is 2.00. The van der Waals surface area contributed by atoms with Gasteiger partial charge in [-0.25, -0.2) is 8.42 Å². The zero-order valence-electron chi connectivity index (χ0n) is 9.73. The summed E-state index contributed by atoms with van der Waals surface area (Å²) in [5.41, 5.74) is 0. The maximum atomic E-state index is 11.8. The highest BCUT2D eigenvalue weighted by Crippen LogP contribution is 2.17. The lowest BCUT2D eigenvalue weighted by atomic mass is 10.1. The first-order valence-corrected chi connectivity index (χ1v) is 6.88. The van der Waals surface area contributed by atoms with Crippen LogP contribution in [0.1, 0.15) is 34.1 Å². The SMILES string of the molecule is CCC(C)CS(=O)(=O)C(C(=O)O)C(C)C. The number of carboxylic acid groups (broad SMARTS) is 1. The maximum absolute atomic E-state index is 11.8. The van der Waals surface area contributed by atoms with E-state index in [1.54, 1.807) is 13.8 Å². The fraction of sp³-hybridized carbons (Fsp3) is 0.900. The van der Waals surface area contributed by atoms with Crippen LogP contribution in [0.3, 0.4) is 0 Å². The van der Waals surface area contributed by atoms with Crippen LogP contribution in [0.25, 0.3) is 0 Å². The lowest BCUT2D eigenvalue weighted by Crippen LogP contribution is -2.37. The van der Waals surface area contributed by atoms with Gasteiger partial charge < -0.3 is 5.11 Å². The van der Waals surface area contributed by atoms with Gasteiger partial charge in [-0.2, -0.15) is 0 Å². The summed E-state index contributed by atoms with van der Waals surface area (Å²) in [7, 11) is -3.53. The first-order chi connectivity index (χ1) is 6.72. The van der Waals surface area contributed by atoms with E-state index in [-0.39, 0.29) is 11.7 Å². The van der Waals surface area contributed by atoms with E-state index in [2.05, 4.69) is 0 Å². The lowest BCUT2D eigenvalue weighted by molar-refractivity contribution is -0.137. The Morgan fingerprint density at radius 1 is 1.27 bits per heavy atom. The molecule has 2 unspecified atom stereocenters. The van der Waals surface area contributed by atoms with Gasteiger partial charge >= 0.3 is 5.97 Å². The molecule has 0 fully saturated rings. The number of rotatable bonds is 6. The third-order valence-electron chi connectivity index (χ3n) is 2.45. The van der Waals surface area contributed by atoms with Crippen LogP contribution in [0.2, 0.25) is 0 Å². The Morgan fingerprint density at radius 3 is 2.00 bits per heavy atom. The van der Waals surface area contributed by atoms with E-state index in [9.17, 15) is 13.2 Å². The Labute approximate surface area is 91.6 Å². The first kappa shape index (κ1) is 14.4. The van der Waals surface area contributed by atoms with Gasteiger partial charge in [-0.3, -0.25) is 4.79 Å². The summed E-state index contributed by atoms with van der Waals surface area (Å²) in [5, 5.41) is 7.61. The molecule has 4 nitrogen and oxygen atoms in total. The number of hydrogen-bond acceptors (Lipinski definition) is 3. The van der Waals surface area contributed by atoms with E-state index in [1.807, 2.05) is 13.8 Å². The highest BCUT2D eigenvalue weighted by Gasteiger charge is 2.35. The Balaban J connectivity index is 4.89. The van der Waals surface area contributed by atoms with Crippen molar-refractivity contribution >= 4 is 15.8 Å². The van der Waals surface area contributed by atoms with Gasteiger partial charge in [-0.15, -0.1) is 0 Å². The van der Waals surface area contributed by atoms with Crippen LogP contribution in [-0.2, 0) is 14.6 Å². The number of hydrogen-bond donors (Lipinski definition) is 1. The Morgan fingerprint density at radius 2 is 1.73 bits per heavy atom. The number of aliphatic carboxylic acids is 1. The molecule has 90 valence electrons. The molecular formula is C10H20O4S. The Bertz CT molecular complexity index is 305. The molecule has 0 saturated heterocycles. The second-order valence-electron chi connectivity index (χ2n) is 4.35. The van der Waals surface area contributed by atoms with E-state index < -0.39 is 27.0 Å². The number of sulfone groups is 1. The molecule has 0 rings (SSSR count). The maximum Gasteiger partial charge on any atom is 0.322 e. The predicted octanol–water partition coefficient (Wildman–Crippen LogP) is 1.56. The molecule has 0 radical (unpaired) electrons. The Kier molecular flexibility index (Phi) is 5.28. The van der Waals surface area contributed by atoms with E-state index in [4.69, 9.17) is 5.11 Å². The topological polar surface area (TPSA) is 71.4 Å². The summed E-state index contributed by atoms with van der Waals surface area (Å²) < 4.78 is 23.6. The van der Waals surface area contributed by atoms with Crippen molar-refractivity contribution in [3.63, 3.8) is 0 Å². The van der Waals surface area contributed by atoms with Gasteiger partial charge in [0.1, 0.15) is 0 Å². The summed E-state index contributed by atoms with van der Waals surface area (Å²) in [6.07, 6.45) is 0.740. The van der Waals surface area contributed by atoms with Crippen LogP contribution in [0, 0.1) is 11.8 Å². The molecule has 0 heterocycles. The van der Waals surface area contributed by atoms with E-state index in [1.165, 1.54) is 0 Å². The zero-order valence-corrected chi connectivity index (χ0v) is 10.5. The minimum atomic E-state index is -3.53. The van der Waals surface area contributed by atoms with E-state index in [0.29, 0.717) is 0 Å². The number of carboxylic acids is 1. The van der Waals surface area contributed by atoms with Crippen LogP contribution >= 0.6 is 0 Å². The molecule has 1 N–H and O–H groups in total. The van der Waals surface area contributed by atoms with Crippen LogP contribution in [-0.4, -0.2) is 30.5 Å². The van der Waals surface area contributed by atoms with Gasteiger partial charge in [0.25, 0.3) is 0 Å². The van der Waals surface area contributed by atoms with Crippen LogP contribution in [0.15, 0.2) is 0 Å². The average molecular weight is 236 g/mol. The Hall–Kier alpha value is -0.580. The van der Waals surface area contributed by atoms with Crippen LogP contribution in [0.4, 0.5) is 0 Å². The molecule has 2 atom stereocenters. The minimum absolute atomic E-state index is 0.00981. The summed E-state index contributed by atoms with van der Waals surface area (Å²) in [4.78, 5) is 10.9. The second-order valence-corrected chi connectivity index (χ2v) is 6.51. The van der Waals surface area contributed by atoms with Crippen molar-refractivity contribution in [2.45, 2.75) is 39.4 Å². The highest BCUT2D eigenvalue weighted by atomic mass is 32.2. The van der Waals surface area contributed by atoms with E-state index >= 15 is 0 Å². The van der Waals surface area contributed by atoms with Gasteiger partial charge in [0.05, 0.1) is 5.75 Å². The largest absolute Gasteiger partial charge is 0.480 e. The number of carbonyl (C=O) groups is 1. The van der Waals surface area contributed by atoms with Crippen molar-refractivity contribution in [3.05, 3.63) is 0 Å². The lowest BCUT2D eigenvalue weighted by Gasteiger charge is -2.18. The molecule has 15 heavy (non-hydrogen) atoms. The predicted molar refractivity (Wildman–Crippen MR) is 59.5 cm³/mol.